The molecule has 3 aromatic rings. The Morgan fingerprint density at radius 2 is 1.95 bits per heavy atom. The molecule has 4 heteroatoms. The summed E-state index contributed by atoms with van der Waals surface area (Å²) in [5, 5.41) is 8.84. The average molecular weight is 288 g/mol. The summed E-state index contributed by atoms with van der Waals surface area (Å²) in [7, 11) is 0. The molecule has 0 unspecified atom stereocenters. The molecule has 0 bridgehead atoms. The van der Waals surface area contributed by atoms with Gasteiger partial charge in [0.15, 0.2) is 0 Å². The summed E-state index contributed by atoms with van der Waals surface area (Å²) in [5.41, 5.74) is 5.05. The van der Waals surface area contributed by atoms with E-state index in [-0.39, 0.29) is 0 Å². The Balaban J connectivity index is 1.64. The topological polar surface area (TPSA) is 43.6 Å². The molecule has 0 atom stereocenters. The van der Waals surface area contributed by atoms with Gasteiger partial charge in [-0.3, -0.25) is 9.55 Å². The molecule has 1 aliphatic carbocycles. The first-order chi connectivity index (χ1) is 10.9. The minimum absolute atomic E-state index is 0.616. The molecule has 5 rings (SSSR count). The van der Waals surface area contributed by atoms with Gasteiger partial charge in [-0.2, -0.15) is 0 Å². The van der Waals surface area contributed by atoms with Gasteiger partial charge in [0, 0.05) is 24.7 Å². The van der Waals surface area contributed by atoms with Gasteiger partial charge in [-0.05, 0) is 54.2 Å². The normalized spacial score (nSPS) is 16.2. The van der Waals surface area contributed by atoms with Crippen molar-refractivity contribution in [2.45, 2.75) is 31.6 Å². The SMILES string of the molecule is c1cncc(-c2ccc3c(c2)CCc2nnc(C4CC4)n2-3)c1. The Morgan fingerprint density at radius 3 is 2.77 bits per heavy atom. The van der Waals surface area contributed by atoms with Crippen LogP contribution in [0.25, 0.3) is 16.8 Å². The van der Waals surface area contributed by atoms with Gasteiger partial charge in [-0.15, -0.1) is 10.2 Å². The highest BCUT2D eigenvalue weighted by Gasteiger charge is 2.32. The lowest BCUT2D eigenvalue weighted by Crippen LogP contribution is -2.14. The maximum atomic E-state index is 4.44. The van der Waals surface area contributed by atoms with Crippen LogP contribution < -0.4 is 0 Å². The van der Waals surface area contributed by atoms with Crippen molar-refractivity contribution in [1.82, 2.24) is 19.7 Å². The molecule has 2 aliphatic rings. The smallest absolute Gasteiger partial charge is 0.140 e. The molecule has 22 heavy (non-hydrogen) atoms. The third-order valence-corrected chi connectivity index (χ3v) is 4.63. The zero-order chi connectivity index (χ0) is 14.5. The van der Waals surface area contributed by atoms with Crippen LogP contribution in [0.5, 0.6) is 0 Å². The van der Waals surface area contributed by atoms with Gasteiger partial charge in [0.2, 0.25) is 0 Å². The van der Waals surface area contributed by atoms with Gasteiger partial charge in [0.25, 0.3) is 0 Å². The van der Waals surface area contributed by atoms with Crippen molar-refractivity contribution in [3.63, 3.8) is 0 Å². The van der Waals surface area contributed by atoms with Gasteiger partial charge in [0.1, 0.15) is 11.6 Å². The molecular weight excluding hydrogens is 272 g/mol. The van der Waals surface area contributed by atoms with Crippen molar-refractivity contribution in [3.05, 3.63) is 59.9 Å². The van der Waals surface area contributed by atoms with E-state index in [2.05, 4.69) is 44.0 Å². The number of rotatable bonds is 2. The molecule has 1 aliphatic heterocycles. The van der Waals surface area contributed by atoms with E-state index in [0.717, 1.165) is 24.5 Å². The van der Waals surface area contributed by atoms with Crippen LogP contribution in [-0.4, -0.2) is 19.7 Å². The molecule has 0 radical (unpaired) electrons. The number of fused-ring (bicyclic) bond motifs is 3. The fraction of sp³-hybridized carbons (Fsp3) is 0.278. The summed E-state index contributed by atoms with van der Waals surface area (Å²) in [5.74, 6) is 2.89. The molecule has 1 saturated carbocycles. The van der Waals surface area contributed by atoms with Crippen molar-refractivity contribution >= 4 is 0 Å². The van der Waals surface area contributed by atoms with E-state index < -0.39 is 0 Å². The van der Waals surface area contributed by atoms with Crippen molar-refractivity contribution < 1.29 is 0 Å². The van der Waals surface area contributed by atoms with Gasteiger partial charge >= 0.3 is 0 Å². The van der Waals surface area contributed by atoms with Gasteiger partial charge in [-0.1, -0.05) is 12.1 Å². The third kappa shape index (κ3) is 1.80. The Hall–Kier alpha value is -2.49. The summed E-state index contributed by atoms with van der Waals surface area (Å²) in [4.78, 5) is 4.22. The van der Waals surface area contributed by atoms with Crippen LogP contribution in [0.15, 0.2) is 42.7 Å². The second-order valence-electron chi connectivity index (χ2n) is 6.17. The highest BCUT2D eigenvalue weighted by molar-refractivity contribution is 5.66. The Bertz CT molecular complexity index is 847. The van der Waals surface area contributed by atoms with Crippen LogP contribution >= 0.6 is 0 Å². The number of pyridine rings is 1. The minimum atomic E-state index is 0.616. The van der Waals surface area contributed by atoms with Gasteiger partial charge < -0.3 is 0 Å². The second-order valence-corrected chi connectivity index (χ2v) is 6.17. The number of hydrogen-bond donors (Lipinski definition) is 0. The molecule has 3 heterocycles. The molecule has 1 fully saturated rings. The largest absolute Gasteiger partial charge is 0.282 e. The van der Waals surface area contributed by atoms with Gasteiger partial charge in [-0.25, -0.2) is 0 Å². The van der Waals surface area contributed by atoms with Crippen LogP contribution in [0.1, 0.15) is 36.0 Å². The molecule has 0 saturated heterocycles. The monoisotopic (exact) mass is 288 g/mol. The number of hydrogen-bond acceptors (Lipinski definition) is 3. The Morgan fingerprint density at radius 1 is 1.00 bits per heavy atom. The number of aryl methyl sites for hydroxylation is 2. The standard InChI is InChI=1S/C18H16N4/c1-2-15(11-19-9-1)13-5-7-16-14(10-13)6-8-17-20-21-18(22(16)17)12-3-4-12/h1-2,5,7,9-12H,3-4,6,8H2. The minimum Gasteiger partial charge on any atom is -0.282 e. The zero-order valence-corrected chi connectivity index (χ0v) is 12.2. The number of benzene rings is 1. The summed E-state index contributed by atoms with van der Waals surface area (Å²) >= 11 is 0. The molecular formula is C18H16N4. The molecule has 2 aromatic heterocycles. The number of aromatic nitrogens is 4. The predicted octanol–water partition coefficient (Wildman–Crippen LogP) is 3.31. The molecule has 0 spiro atoms. The molecule has 4 nitrogen and oxygen atoms in total. The predicted molar refractivity (Wildman–Crippen MR) is 84.0 cm³/mol. The fourth-order valence-electron chi connectivity index (χ4n) is 3.32. The first kappa shape index (κ1) is 12.1. The zero-order valence-electron chi connectivity index (χ0n) is 12.2. The lowest BCUT2D eigenvalue weighted by molar-refractivity contribution is 0.754. The van der Waals surface area contributed by atoms with Crippen LogP contribution in [0, 0.1) is 0 Å². The number of nitrogens with zero attached hydrogens (tertiary/aromatic N) is 4. The summed E-state index contributed by atoms with van der Waals surface area (Å²) in [6.07, 6.45) is 8.25. The van der Waals surface area contributed by atoms with E-state index in [1.807, 2.05) is 18.5 Å². The maximum absolute atomic E-state index is 4.44. The Kier molecular flexibility index (Phi) is 2.47. The molecule has 1 aromatic carbocycles. The second kappa shape index (κ2) is 4.50. The highest BCUT2D eigenvalue weighted by atomic mass is 15.3. The van der Waals surface area contributed by atoms with Crippen molar-refractivity contribution in [2.24, 2.45) is 0 Å². The van der Waals surface area contributed by atoms with E-state index in [1.54, 1.807) is 0 Å². The van der Waals surface area contributed by atoms with E-state index in [4.69, 9.17) is 0 Å². The van der Waals surface area contributed by atoms with Crippen molar-refractivity contribution in [2.75, 3.05) is 0 Å². The summed E-state index contributed by atoms with van der Waals surface area (Å²) in [6.45, 7) is 0. The third-order valence-electron chi connectivity index (χ3n) is 4.63. The van der Waals surface area contributed by atoms with E-state index in [0.29, 0.717) is 5.92 Å². The highest BCUT2D eigenvalue weighted by Crippen LogP contribution is 2.41. The van der Waals surface area contributed by atoms with E-state index in [9.17, 15) is 0 Å². The van der Waals surface area contributed by atoms with Crippen LogP contribution in [0.3, 0.4) is 0 Å². The van der Waals surface area contributed by atoms with Crippen molar-refractivity contribution in [1.29, 1.82) is 0 Å². The maximum Gasteiger partial charge on any atom is 0.140 e. The summed E-state index contributed by atoms with van der Waals surface area (Å²) in [6, 6.07) is 10.8. The van der Waals surface area contributed by atoms with Crippen LogP contribution in [0.2, 0.25) is 0 Å². The Labute approximate surface area is 128 Å². The molecule has 108 valence electrons. The van der Waals surface area contributed by atoms with Crippen LogP contribution in [-0.2, 0) is 12.8 Å². The summed E-state index contributed by atoms with van der Waals surface area (Å²) < 4.78 is 2.30. The van der Waals surface area contributed by atoms with Crippen LogP contribution in [0.4, 0.5) is 0 Å². The lowest BCUT2D eigenvalue weighted by Gasteiger charge is -2.20. The van der Waals surface area contributed by atoms with Gasteiger partial charge in [0.05, 0.1) is 5.69 Å². The average Bonchev–Trinajstić information content (AvgIpc) is 3.34. The quantitative estimate of drug-likeness (QED) is 0.726. The fourth-order valence-corrected chi connectivity index (χ4v) is 3.32. The van der Waals surface area contributed by atoms with E-state index >= 15 is 0 Å². The van der Waals surface area contributed by atoms with Crippen molar-refractivity contribution in [3.8, 4) is 16.8 Å². The van der Waals surface area contributed by atoms with E-state index in [1.165, 1.54) is 35.2 Å². The first-order valence-electron chi connectivity index (χ1n) is 7.88. The lowest BCUT2D eigenvalue weighted by atomic mass is 9.97. The molecule has 0 N–H and O–H groups in total. The first-order valence-corrected chi connectivity index (χ1v) is 7.88. The molecule has 0 amide bonds.